The van der Waals surface area contributed by atoms with Gasteiger partial charge in [-0.05, 0) is 43.7 Å². The quantitative estimate of drug-likeness (QED) is 0.845. The van der Waals surface area contributed by atoms with Gasteiger partial charge in [-0.1, -0.05) is 23.8 Å². The molecule has 0 radical (unpaired) electrons. The maximum absolute atomic E-state index is 11.2. The average molecular weight is 277 g/mol. The van der Waals surface area contributed by atoms with E-state index in [1.165, 1.54) is 6.07 Å². The first-order valence-corrected chi connectivity index (χ1v) is 7.22. The van der Waals surface area contributed by atoms with Crippen LogP contribution >= 0.6 is 0 Å². The topological polar surface area (TPSA) is 66.4 Å². The van der Waals surface area contributed by atoms with Gasteiger partial charge in [-0.15, -0.1) is 0 Å². The molecule has 0 atom stereocenters. The van der Waals surface area contributed by atoms with E-state index < -0.39 is 10.1 Å². The van der Waals surface area contributed by atoms with Crippen LogP contribution in [0.2, 0.25) is 0 Å². The Morgan fingerprint density at radius 1 is 0.947 bits per heavy atom. The molecule has 0 fully saturated rings. The molecule has 19 heavy (non-hydrogen) atoms. The molecule has 0 saturated carbocycles. The van der Waals surface area contributed by atoms with Crippen LogP contribution in [-0.4, -0.2) is 13.0 Å². The summed E-state index contributed by atoms with van der Waals surface area (Å²) in [6, 6.07) is 12.6. The summed E-state index contributed by atoms with van der Waals surface area (Å²) in [4.78, 5) is -0.0791. The lowest BCUT2D eigenvalue weighted by Gasteiger charge is -2.09. The van der Waals surface area contributed by atoms with Gasteiger partial charge in [0.2, 0.25) is 0 Å². The van der Waals surface area contributed by atoms with Crippen molar-refractivity contribution in [3.05, 3.63) is 53.6 Å². The van der Waals surface area contributed by atoms with E-state index in [9.17, 15) is 8.42 Å². The average Bonchev–Trinajstić information content (AvgIpc) is 2.33. The van der Waals surface area contributed by atoms with Gasteiger partial charge < -0.3 is 5.32 Å². The lowest BCUT2D eigenvalue weighted by Crippen LogP contribution is -2.02. The Bertz CT molecular complexity index is 691. The summed E-state index contributed by atoms with van der Waals surface area (Å²) >= 11 is 0. The maximum atomic E-state index is 11.2. The van der Waals surface area contributed by atoms with Crippen LogP contribution in [0, 0.1) is 13.8 Å². The summed E-state index contributed by atoms with van der Waals surface area (Å²) in [5.74, 6) is 0. The van der Waals surface area contributed by atoms with E-state index in [1.54, 1.807) is 19.1 Å². The van der Waals surface area contributed by atoms with E-state index in [0.717, 1.165) is 11.3 Å². The van der Waals surface area contributed by atoms with Crippen molar-refractivity contribution in [2.75, 3.05) is 5.32 Å². The van der Waals surface area contributed by atoms with Gasteiger partial charge in [0.1, 0.15) is 0 Å². The van der Waals surface area contributed by atoms with E-state index in [2.05, 4.69) is 5.32 Å². The number of aryl methyl sites for hydroxylation is 2. The maximum Gasteiger partial charge on any atom is 0.294 e. The number of anilines is 2. The normalized spacial score (nSPS) is 11.3. The highest BCUT2D eigenvalue weighted by molar-refractivity contribution is 7.85. The molecule has 2 N–H and O–H groups in total. The molecule has 2 rings (SSSR count). The fraction of sp³-hybridized carbons (Fsp3) is 0.143. The first-order chi connectivity index (χ1) is 8.86. The van der Waals surface area contributed by atoms with Crippen LogP contribution in [0.15, 0.2) is 47.4 Å². The zero-order chi connectivity index (χ0) is 14.0. The predicted molar refractivity (Wildman–Crippen MR) is 75.5 cm³/mol. The Morgan fingerprint density at radius 2 is 1.53 bits per heavy atom. The molecular weight excluding hydrogens is 262 g/mol. The molecule has 5 heteroatoms. The molecule has 2 aromatic rings. The zero-order valence-electron chi connectivity index (χ0n) is 10.7. The molecule has 4 nitrogen and oxygen atoms in total. The van der Waals surface area contributed by atoms with Crippen LogP contribution in [-0.2, 0) is 10.1 Å². The monoisotopic (exact) mass is 277 g/mol. The van der Waals surface area contributed by atoms with Crippen molar-refractivity contribution in [2.24, 2.45) is 0 Å². The molecule has 100 valence electrons. The molecule has 0 heterocycles. The van der Waals surface area contributed by atoms with Gasteiger partial charge in [-0.2, -0.15) is 8.42 Å². The predicted octanol–water partition coefficient (Wildman–Crippen LogP) is 3.29. The van der Waals surface area contributed by atoms with E-state index >= 15 is 0 Å². The molecule has 0 unspecified atom stereocenters. The van der Waals surface area contributed by atoms with Crippen molar-refractivity contribution >= 4 is 21.5 Å². The fourth-order valence-electron chi connectivity index (χ4n) is 1.76. The molecule has 0 aliphatic carbocycles. The molecule has 0 amide bonds. The Morgan fingerprint density at radius 3 is 2.11 bits per heavy atom. The third kappa shape index (κ3) is 3.33. The van der Waals surface area contributed by atoms with Gasteiger partial charge >= 0.3 is 0 Å². The summed E-state index contributed by atoms with van der Waals surface area (Å²) in [5.41, 5.74) is 3.13. The van der Waals surface area contributed by atoms with Gasteiger partial charge in [0.25, 0.3) is 10.1 Å². The zero-order valence-corrected chi connectivity index (χ0v) is 11.5. The molecule has 0 aliphatic heterocycles. The van der Waals surface area contributed by atoms with Crippen molar-refractivity contribution in [3.63, 3.8) is 0 Å². The van der Waals surface area contributed by atoms with Crippen LogP contribution in [0.5, 0.6) is 0 Å². The SMILES string of the molecule is Cc1ccc(Nc2ccc(C)c(S(=O)(=O)O)c2)cc1. The highest BCUT2D eigenvalue weighted by atomic mass is 32.2. The molecule has 0 bridgehead atoms. The largest absolute Gasteiger partial charge is 0.355 e. The summed E-state index contributed by atoms with van der Waals surface area (Å²) in [7, 11) is -4.19. The Kier molecular flexibility index (Phi) is 3.59. The Balaban J connectivity index is 2.34. The molecule has 0 spiro atoms. The summed E-state index contributed by atoms with van der Waals surface area (Å²) in [6.07, 6.45) is 0. The Hall–Kier alpha value is -1.85. The van der Waals surface area contributed by atoms with Crippen molar-refractivity contribution in [3.8, 4) is 0 Å². The number of nitrogens with one attached hydrogen (secondary N) is 1. The highest BCUT2D eigenvalue weighted by Crippen LogP contribution is 2.23. The fourth-order valence-corrected chi connectivity index (χ4v) is 2.51. The van der Waals surface area contributed by atoms with Crippen LogP contribution in [0.25, 0.3) is 0 Å². The molecule has 0 saturated heterocycles. The second-order valence-electron chi connectivity index (χ2n) is 4.45. The van der Waals surface area contributed by atoms with Gasteiger partial charge in [0, 0.05) is 11.4 Å². The molecular formula is C14H15NO3S. The second-order valence-corrected chi connectivity index (χ2v) is 5.84. The van der Waals surface area contributed by atoms with Gasteiger partial charge in [-0.25, -0.2) is 0 Å². The van der Waals surface area contributed by atoms with Crippen molar-refractivity contribution in [1.82, 2.24) is 0 Å². The molecule has 0 aromatic heterocycles. The van der Waals surface area contributed by atoms with E-state index in [4.69, 9.17) is 4.55 Å². The lowest BCUT2D eigenvalue weighted by atomic mass is 10.2. The third-order valence-corrected chi connectivity index (χ3v) is 3.80. The van der Waals surface area contributed by atoms with Crippen molar-refractivity contribution in [2.45, 2.75) is 18.7 Å². The minimum atomic E-state index is -4.19. The first-order valence-electron chi connectivity index (χ1n) is 5.78. The van der Waals surface area contributed by atoms with Crippen LogP contribution in [0.1, 0.15) is 11.1 Å². The summed E-state index contributed by atoms with van der Waals surface area (Å²) in [6.45, 7) is 3.63. The number of hydrogen-bond acceptors (Lipinski definition) is 3. The first kappa shape index (κ1) is 13.6. The summed E-state index contributed by atoms with van der Waals surface area (Å²) in [5, 5.41) is 3.10. The minimum absolute atomic E-state index is 0.0791. The highest BCUT2D eigenvalue weighted by Gasteiger charge is 2.13. The number of rotatable bonds is 3. The number of hydrogen-bond donors (Lipinski definition) is 2. The van der Waals surface area contributed by atoms with Crippen molar-refractivity contribution < 1.29 is 13.0 Å². The van der Waals surface area contributed by atoms with E-state index in [0.29, 0.717) is 11.3 Å². The second kappa shape index (κ2) is 5.03. The Labute approximate surface area is 112 Å². The summed E-state index contributed by atoms with van der Waals surface area (Å²) < 4.78 is 31.6. The van der Waals surface area contributed by atoms with E-state index in [1.807, 2.05) is 31.2 Å². The van der Waals surface area contributed by atoms with Crippen LogP contribution < -0.4 is 5.32 Å². The lowest BCUT2D eigenvalue weighted by molar-refractivity contribution is 0.482. The van der Waals surface area contributed by atoms with E-state index in [-0.39, 0.29) is 4.90 Å². The molecule has 0 aliphatic rings. The third-order valence-electron chi connectivity index (χ3n) is 2.81. The molecule has 2 aromatic carbocycles. The standard InChI is InChI=1S/C14H15NO3S/c1-10-3-6-12(7-4-10)15-13-8-5-11(2)14(9-13)19(16,17)18/h3-9,15H,1-2H3,(H,16,17,18). The van der Waals surface area contributed by atoms with Crippen LogP contribution in [0.4, 0.5) is 11.4 Å². The van der Waals surface area contributed by atoms with Gasteiger partial charge in [0.15, 0.2) is 0 Å². The smallest absolute Gasteiger partial charge is 0.294 e. The van der Waals surface area contributed by atoms with Gasteiger partial charge in [-0.3, -0.25) is 4.55 Å². The van der Waals surface area contributed by atoms with Gasteiger partial charge in [0.05, 0.1) is 4.90 Å². The minimum Gasteiger partial charge on any atom is -0.355 e. The van der Waals surface area contributed by atoms with Crippen LogP contribution in [0.3, 0.4) is 0 Å². The van der Waals surface area contributed by atoms with Crippen molar-refractivity contribution in [1.29, 1.82) is 0 Å². The number of benzene rings is 2.